The number of anilines is 2. The predicted molar refractivity (Wildman–Crippen MR) is 88.9 cm³/mol. The molecule has 1 heterocycles. The second kappa shape index (κ2) is 8.17. The van der Waals surface area contributed by atoms with Crippen LogP contribution in [0.15, 0.2) is 6.33 Å². The van der Waals surface area contributed by atoms with Crippen LogP contribution in [0.4, 0.5) is 11.6 Å². The predicted octanol–water partition coefficient (Wildman–Crippen LogP) is 3.38. The van der Waals surface area contributed by atoms with Gasteiger partial charge in [0.25, 0.3) is 0 Å². The van der Waals surface area contributed by atoms with E-state index in [1.54, 1.807) is 6.33 Å². The van der Waals surface area contributed by atoms with Crippen molar-refractivity contribution in [2.75, 3.05) is 23.8 Å². The number of hydrogen-bond donors (Lipinski definition) is 3. The van der Waals surface area contributed by atoms with Gasteiger partial charge in [-0.15, -0.1) is 0 Å². The highest BCUT2D eigenvalue weighted by Crippen LogP contribution is 2.31. The lowest BCUT2D eigenvalue weighted by atomic mass is 9.93. The molecule has 1 aromatic heterocycles. The standard InChI is InChI=1S/C16H30N4O/c1-6-9-17-14-13(12(4)5)15(19-11-18-14)20-16(7-2,8-3)10-21/h11-12,21H,6-10H2,1-5H3,(H2,17,18,19,20). The summed E-state index contributed by atoms with van der Waals surface area (Å²) in [4.78, 5) is 8.80. The topological polar surface area (TPSA) is 70.1 Å². The largest absolute Gasteiger partial charge is 0.394 e. The molecule has 1 aromatic rings. The zero-order chi connectivity index (χ0) is 15.9. The molecule has 5 nitrogen and oxygen atoms in total. The van der Waals surface area contributed by atoms with Crippen molar-refractivity contribution in [1.82, 2.24) is 9.97 Å². The van der Waals surface area contributed by atoms with E-state index in [0.717, 1.165) is 43.0 Å². The van der Waals surface area contributed by atoms with Gasteiger partial charge in [0.15, 0.2) is 0 Å². The van der Waals surface area contributed by atoms with E-state index in [0.29, 0.717) is 5.92 Å². The van der Waals surface area contributed by atoms with Crippen molar-refractivity contribution in [2.24, 2.45) is 0 Å². The van der Waals surface area contributed by atoms with Gasteiger partial charge in [0.2, 0.25) is 0 Å². The van der Waals surface area contributed by atoms with E-state index in [1.807, 2.05) is 0 Å². The summed E-state index contributed by atoms with van der Waals surface area (Å²) in [7, 11) is 0. The maximum absolute atomic E-state index is 9.76. The molecule has 3 N–H and O–H groups in total. The molecular formula is C16H30N4O. The molecule has 5 heteroatoms. The Labute approximate surface area is 128 Å². The van der Waals surface area contributed by atoms with Gasteiger partial charge < -0.3 is 15.7 Å². The molecule has 0 amide bonds. The van der Waals surface area contributed by atoms with Crippen LogP contribution >= 0.6 is 0 Å². The maximum Gasteiger partial charge on any atom is 0.135 e. The first-order chi connectivity index (χ1) is 10.0. The van der Waals surface area contributed by atoms with Gasteiger partial charge in [0, 0.05) is 12.1 Å². The minimum absolute atomic E-state index is 0.0965. The Hall–Kier alpha value is -1.36. The fourth-order valence-electron chi connectivity index (χ4n) is 2.37. The van der Waals surface area contributed by atoms with Crippen LogP contribution in [-0.2, 0) is 0 Å². The van der Waals surface area contributed by atoms with Gasteiger partial charge >= 0.3 is 0 Å². The first-order valence-corrected chi connectivity index (χ1v) is 8.01. The third-order valence-electron chi connectivity index (χ3n) is 4.04. The first-order valence-electron chi connectivity index (χ1n) is 8.01. The van der Waals surface area contributed by atoms with Crippen molar-refractivity contribution in [2.45, 2.75) is 65.3 Å². The first kappa shape index (κ1) is 17.7. The lowest BCUT2D eigenvalue weighted by Crippen LogP contribution is -2.41. The van der Waals surface area contributed by atoms with E-state index in [-0.39, 0.29) is 12.1 Å². The normalized spacial score (nSPS) is 11.8. The second-order valence-electron chi connectivity index (χ2n) is 5.84. The van der Waals surface area contributed by atoms with E-state index < -0.39 is 0 Å². The summed E-state index contributed by atoms with van der Waals surface area (Å²) in [5.74, 6) is 2.03. The van der Waals surface area contributed by atoms with Gasteiger partial charge in [-0.2, -0.15) is 0 Å². The molecule has 0 spiro atoms. The summed E-state index contributed by atoms with van der Waals surface area (Å²) in [6.07, 6.45) is 4.33. The second-order valence-corrected chi connectivity index (χ2v) is 5.84. The van der Waals surface area contributed by atoms with Crippen LogP contribution in [-0.4, -0.2) is 33.8 Å². The molecule has 21 heavy (non-hydrogen) atoms. The monoisotopic (exact) mass is 294 g/mol. The number of aliphatic hydroxyl groups excluding tert-OH is 1. The molecule has 0 saturated heterocycles. The fourth-order valence-corrected chi connectivity index (χ4v) is 2.37. The van der Waals surface area contributed by atoms with Gasteiger partial charge in [-0.25, -0.2) is 9.97 Å². The van der Waals surface area contributed by atoms with Crippen LogP contribution in [0.3, 0.4) is 0 Å². The Morgan fingerprint density at radius 3 is 2.24 bits per heavy atom. The van der Waals surface area contributed by atoms with Crippen molar-refractivity contribution >= 4 is 11.6 Å². The van der Waals surface area contributed by atoms with Crippen molar-refractivity contribution in [1.29, 1.82) is 0 Å². The fraction of sp³-hybridized carbons (Fsp3) is 0.750. The zero-order valence-corrected chi connectivity index (χ0v) is 14.0. The highest BCUT2D eigenvalue weighted by molar-refractivity contribution is 5.60. The summed E-state index contributed by atoms with van der Waals surface area (Å²) in [5, 5.41) is 16.6. The minimum Gasteiger partial charge on any atom is -0.394 e. The van der Waals surface area contributed by atoms with Gasteiger partial charge in [-0.1, -0.05) is 34.6 Å². The van der Waals surface area contributed by atoms with Crippen LogP contribution in [0, 0.1) is 0 Å². The molecule has 0 fully saturated rings. The maximum atomic E-state index is 9.76. The smallest absolute Gasteiger partial charge is 0.135 e. The zero-order valence-electron chi connectivity index (χ0n) is 14.0. The number of hydrogen-bond acceptors (Lipinski definition) is 5. The van der Waals surface area contributed by atoms with E-state index in [2.05, 4.69) is 55.2 Å². The summed E-state index contributed by atoms with van der Waals surface area (Å²) in [5.41, 5.74) is 0.769. The highest BCUT2D eigenvalue weighted by Gasteiger charge is 2.27. The number of aromatic nitrogens is 2. The Balaban J connectivity index is 3.16. The molecule has 0 unspecified atom stereocenters. The average Bonchev–Trinajstić information content (AvgIpc) is 2.50. The van der Waals surface area contributed by atoms with Gasteiger partial charge in [0.1, 0.15) is 18.0 Å². The van der Waals surface area contributed by atoms with E-state index in [4.69, 9.17) is 0 Å². The van der Waals surface area contributed by atoms with Gasteiger partial charge in [-0.05, 0) is 25.2 Å². The van der Waals surface area contributed by atoms with Crippen LogP contribution < -0.4 is 10.6 Å². The average molecular weight is 294 g/mol. The van der Waals surface area contributed by atoms with Crippen LogP contribution in [0.2, 0.25) is 0 Å². The number of nitrogens with zero attached hydrogens (tertiary/aromatic N) is 2. The quantitative estimate of drug-likeness (QED) is 0.651. The summed E-state index contributed by atoms with van der Waals surface area (Å²) >= 11 is 0. The Bertz CT molecular complexity index is 422. The Morgan fingerprint density at radius 1 is 1.14 bits per heavy atom. The minimum atomic E-state index is -0.319. The van der Waals surface area contributed by atoms with E-state index in [1.165, 1.54) is 0 Å². The van der Waals surface area contributed by atoms with Gasteiger partial charge in [-0.3, -0.25) is 0 Å². The summed E-state index contributed by atoms with van der Waals surface area (Å²) in [6, 6.07) is 0. The highest BCUT2D eigenvalue weighted by atomic mass is 16.3. The van der Waals surface area contributed by atoms with Crippen molar-refractivity contribution in [3.05, 3.63) is 11.9 Å². The van der Waals surface area contributed by atoms with Crippen molar-refractivity contribution in [3.63, 3.8) is 0 Å². The molecule has 120 valence electrons. The number of aliphatic hydroxyl groups is 1. The molecule has 0 aliphatic rings. The molecule has 1 rings (SSSR count). The molecule has 0 saturated carbocycles. The van der Waals surface area contributed by atoms with Crippen molar-refractivity contribution < 1.29 is 5.11 Å². The van der Waals surface area contributed by atoms with Gasteiger partial charge in [0.05, 0.1) is 12.1 Å². The Kier molecular flexibility index (Phi) is 6.89. The van der Waals surface area contributed by atoms with Crippen LogP contribution in [0.25, 0.3) is 0 Å². The molecule has 0 aromatic carbocycles. The van der Waals surface area contributed by atoms with Crippen molar-refractivity contribution in [3.8, 4) is 0 Å². The number of rotatable bonds is 9. The molecule has 0 aliphatic carbocycles. The summed E-state index contributed by atoms with van der Waals surface area (Å²) in [6.45, 7) is 11.6. The van der Waals surface area contributed by atoms with Crippen LogP contribution in [0.5, 0.6) is 0 Å². The lowest BCUT2D eigenvalue weighted by Gasteiger charge is -2.33. The lowest BCUT2D eigenvalue weighted by molar-refractivity contribution is 0.202. The number of nitrogens with one attached hydrogen (secondary N) is 2. The SMILES string of the molecule is CCCNc1ncnc(NC(CC)(CC)CO)c1C(C)C. The Morgan fingerprint density at radius 2 is 1.76 bits per heavy atom. The molecule has 0 radical (unpaired) electrons. The van der Waals surface area contributed by atoms with Crippen LogP contribution in [0.1, 0.15) is 65.4 Å². The van der Waals surface area contributed by atoms with E-state index >= 15 is 0 Å². The molecular weight excluding hydrogens is 264 g/mol. The third kappa shape index (κ3) is 4.30. The summed E-state index contributed by atoms with van der Waals surface area (Å²) < 4.78 is 0. The third-order valence-corrected chi connectivity index (χ3v) is 4.04. The molecule has 0 atom stereocenters. The molecule has 0 bridgehead atoms. The molecule has 0 aliphatic heterocycles. The van der Waals surface area contributed by atoms with E-state index in [9.17, 15) is 5.11 Å².